The van der Waals surface area contributed by atoms with Crippen molar-refractivity contribution in [1.29, 1.82) is 0 Å². The first-order valence-electron chi connectivity index (χ1n) is 6.87. The van der Waals surface area contributed by atoms with Crippen LogP contribution in [0.4, 0.5) is 0 Å². The van der Waals surface area contributed by atoms with Crippen LogP contribution in [-0.2, 0) is 4.79 Å². The van der Waals surface area contributed by atoms with Crippen molar-refractivity contribution >= 4 is 5.91 Å². The van der Waals surface area contributed by atoms with E-state index in [-0.39, 0.29) is 0 Å². The predicted octanol–water partition coefficient (Wildman–Crippen LogP) is 2.02. The lowest BCUT2D eigenvalue weighted by Crippen LogP contribution is -2.50. The first-order valence-corrected chi connectivity index (χ1v) is 6.87. The van der Waals surface area contributed by atoms with Gasteiger partial charge in [-0.25, -0.2) is 0 Å². The van der Waals surface area contributed by atoms with Crippen molar-refractivity contribution in [3.63, 3.8) is 0 Å². The maximum atomic E-state index is 11.4. The van der Waals surface area contributed by atoms with Crippen LogP contribution < -0.4 is 5.32 Å². The standard InChI is InChI=1S/C14H26N2O/c1-10-7-14(2,3)8-12(10)15-11-5-6-13(17)16(4)9-11/h10-12,15H,5-9H2,1-4H3. The molecule has 0 radical (unpaired) electrons. The van der Waals surface area contributed by atoms with E-state index in [0.717, 1.165) is 18.9 Å². The van der Waals surface area contributed by atoms with Gasteiger partial charge in [0, 0.05) is 32.1 Å². The quantitative estimate of drug-likeness (QED) is 0.798. The number of hydrogen-bond donors (Lipinski definition) is 1. The first kappa shape index (κ1) is 12.9. The average molecular weight is 238 g/mol. The maximum absolute atomic E-state index is 11.4. The molecule has 3 atom stereocenters. The molecule has 0 aromatic rings. The fourth-order valence-corrected chi connectivity index (χ4v) is 3.57. The molecule has 1 N–H and O–H groups in total. The molecule has 0 spiro atoms. The van der Waals surface area contributed by atoms with Gasteiger partial charge in [-0.3, -0.25) is 4.79 Å². The highest BCUT2D eigenvalue weighted by Gasteiger charge is 2.38. The second kappa shape index (κ2) is 4.60. The topological polar surface area (TPSA) is 32.3 Å². The minimum absolute atomic E-state index is 0.294. The van der Waals surface area contributed by atoms with Gasteiger partial charge in [0.25, 0.3) is 0 Å². The molecule has 98 valence electrons. The minimum atomic E-state index is 0.294. The van der Waals surface area contributed by atoms with Gasteiger partial charge in [-0.05, 0) is 30.6 Å². The molecular formula is C14H26N2O. The Morgan fingerprint density at radius 2 is 2.06 bits per heavy atom. The molecule has 17 heavy (non-hydrogen) atoms. The molecule has 3 unspecified atom stereocenters. The molecule has 1 aliphatic heterocycles. The van der Waals surface area contributed by atoms with Gasteiger partial charge in [0.05, 0.1) is 0 Å². The highest BCUT2D eigenvalue weighted by molar-refractivity contribution is 5.76. The number of nitrogens with one attached hydrogen (secondary N) is 1. The number of carbonyl (C=O) groups excluding carboxylic acids is 1. The minimum Gasteiger partial charge on any atom is -0.344 e. The average Bonchev–Trinajstić information content (AvgIpc) is 2.46. The molecule has 0 bridgehead atoms. The molecule has 1 amide bonds. The van der Waals surface area contributed by atoms with E-state index in [1.54, 1.807) is 0 Å². The van der Waals surface area contributed by atoms with Crippen molar-refractivity contribution in [3.05, 3.63) is 0 Å². The summed E-state index contributed by atoms with van der Waals surface area (Å²) in [6, 6.07) is 1.13. The van der Waals surface area contributed by atoms with E-state index in [1.165, 1.54) is 12.8 Å². The fraction of sp³-hybridized carbons (Fsp3) is 0.929. The Kier molecular flexibility index (Phi) is 3.48. The van der Waals surface area contributed by atoms with Gasteiger partial charge in [-0.2, -0.15) is 0 Å². The van der Waals surface area contributed by atoms with Crippen molar-refractivity contribution in [2.45, 2.75) is 58.5 Å². The van der Waals surface area contributed by atoms with Crippen LogP contribution in [0.15, 0.2) is 0 Å². The summed E-state index contributed by atoms with van der Waals surface area (Å²) in [7, 11) is 1.91. The molecular weight excluding hydrogens is 212 g/mol. The molecule has 3 heteroatoms. The number of nitrogens with zero attached hydrogens (tertiary/aromatic N) is 1. The van der Waals surface area contributed by atoms with Gasteiger partial charge in [-0.15, -0.1) is 0 Å². The van der Waals surface area contributed by atoms with Crippen LogP contribution in [-0.4, -0.2) is 36.5 Å². The lowest BCUT2D eigenvalue weighted by molar-refractivity contribution is -0.132. The highest BCUT2D eigenvalue weighted by Crippen LogP contribution is 2.41. The van der Waals surface area contributed by atoms with Crippen LogP contribution in [0.5, 0.6) is 0 Å². The Hall–Kier alpha value is -0.570. The number of likely N-dealkylation sites (N-methyl/N-ethyl adjacent to an activating group) is 1. The van der Waals surface area contributed by atoms with Crippen molar-refractivity contribution < 1.29 is 4.79 Å². The Balaban J connectivity index is 1.88. The molecule has 1 saturated carbocycles. The van der Waals surface area contributed by atoms with Gasteiger partial charge in [0.2, 0.25) is 5.91 Å². The molecule has 0 aromatic carbocycles. The zero-order valence-electron chi connectivity index (χ0n) is 11.6. The smallest absolute Gasteiger partial charge is 0.222 e. The number of piperidine rings is 1. The van der Waals surface area contributed by atoms with Gasteiger partial charge < -0.3 is 10.2 Å². The third-order valence-electron chi connectivity index (χ3n) is 4.41. The van der Waals surface area contributed by atoms with E-state index < -0.39 is 0 Å². The van der Waals surface area contributed by atoms with E-state index in [1.807, 2.05) is 11.9 Å². The van der Waals surface area contributed by atoms with E-state index >= 15 is 0 Å². The zero-order chi connectivity index (χ0) is 12.6. The summed E-state index contributed by atoms with van der Waals surface area (Å²) >= 11 is 0. The summed E-state index contributed by atoms with van der Waals surface area (Å²) in [6.45, 7) is 7.95. The van der Waals surface area contributed by atoms with Crippen LogP contribution >= 0.6 is 0 Å². The lowest BCUT2D eigenvalue weighted by atomic mass is 9.91. The van der Waals surface area contributed by atoms with E-state index in [4.69, 9.17) is 0 Å². The van der Waals surface area contributed by atoms with Gasteiger partial charge in [0.15, 0.2) is 0 Å². The molecule has 0 aromatic heterocycles. The molecule has 2 fully saturated rings. The van der Waals surface area contributed by atoms with Gasteiger partial charge in [-0.1, -0.05) is 20.8 Å². The Morgan fingerprint density at radius 1 is 1.35 bits per heavy atom. The van der Waals surface area contributed by atoms with Gasteiger partial charge in [0.1, 0.15) is 0 Å². The number of carbonyl (C=O) groups is 1. The summed E-state index contributed by atoms with van der Waals surface area (Å²) in [6.07, 6.45) is 4.29. The summed E-state index contributed by atoms with van der Waals surface area (Å²) in [4.78, 5) is 13.3. The van der Waals surface area contributed by atoms with Crippen molar-refractivity contribution in [3.8, 4) is 0 Å². The van der Waals surface area contributed by atoms with Crippen LogP contribution in [0.25, 0.3) is 0 Å². The number of hydrogen-bond acceptors (Lipinski definition) is 2. The van der Waals surface area contributed by atoms with Crippen LogP contribution in [0.2, 0.25) is 0 Å². The van der Waals surface area contributed by atoms with Crippen LogP contribution in [0, 0.1) is 11.3 Å². The SMILES string of the molecule is CC1CC(C)(C)CC1NC1CCC(=O)N(C)C1. The predicted molar refractivity (Wildman–Crippen MR) is 69.8 cm³/mol. The number of rotatable bonds is 2. The molecule has 1 aliphatic carbocycles. The van der Waals surface area contributed by atoms with Crippen molar-refractivity contribution in [2.75, 3.05) is 13.6 Å². The molecule has 1 heterocycles. The third kappa shape index (κ3) is 3.01. The van der Waals surface area contributed by atoms with E-state index in [0.29, 0.717) is 29.8 Å². The highest BCUT2D eigenvalue weighted by atomic mass is 16.2. The largest absolute Gasteiger partial charge is 0.344 e. The van der Waals surface area contributed by atoms with Crippen LogP contribution in [0.3, 0.4) is 0 Å². The third-order valence-corrected chi connectivity index (χ3v) is 4.41. The summed E-state index contributed by atoms with van der Waals surface area (Å²) in [5.41, 5.74) is 0.480. The summed E-state index contributed by atoms with van der Waals surface area (Å²) in [5, 5.41) is 3.78. The van der Waals surface area contributed by atoms with Gasteiger partial charge >= 0.3 is 0 Å². The Labute approximate surface area is 105 Å². The second-order valence-corrected chi connectivity index (χ2v) is 6.83. The van der Waals surface area contributed by atoms with E-state index in [2.05, 4.69) is 26.1 Å². The Morgan fingerprint density at radius 3 is 2.59 bits per heavy atom. The van der Waals surface area contributed by atoms with Crippen molar-refractivity contribution in [2.24, 2.45) is 11.3 Å². The van der Waals surface area contributed by atoms with Crippen LogP contribution in [0.1, 0.15) is 46.5 Å². The lowest BCUT2D eigenvalue weighted by Gasteiger charge is -2.33. The molecule has 1 saturated heterocycles. The second-order valence-electron chi connectivity index (χ2n) is 6.83. The van der Waals surface area contributed by atoms with Crippen molar-refractivity contribution in [1.82, 2.24) is 10.2 Å². The fourth-order valence-electron chi connectivity index (χ4n) is 3.57. The number of amides is 1. The number of likely N-dealkylation sites (tertiary alicyclic amines) is 1. The zero-order valence-corrected chi connectivity index (χ0v) is 11.6. The molecule has 2 rings (SSSR count). The molecule has 3 nitrogen and oxygen atoms in total. The summed E-state index contributed by atoms with van der Waals surface area (Å²) in [5.74, 6) is 1.05. The first-order chi connectivity index (χ1) is 7.87. The normalized spacial score (nSPS) is 37.5. The molecule has 2 aliphatic rings. The maximum Gasteiger partial charge on any atom is 0.222 e. The van der Waals surface area contributed by atoms with E-state index in [9.17, 15) is 4.79 Å². The Bertz CT molecular complexity index is 301. The monoisotopic (exact) mass is 238 g/mol. The summed E-state index contributed by atoms with van der Waals surface area (Å²) < 4.78 is 0.